The standard InChI is InChI=1S/C9H15N3/c1-2-4-11-8-3-5-12-9(6-8)7-10/h3,5-6H,2,4,7,10H2,1H3,(H,11,12). The van der Waals surface area contributed by atoms with Crippen molar-refractivity contribution in [3.63, 3.8) is 0 Å². The Balaban J connectivity index is 2.60. The first-order chi connectivity index (χ1) is 5.86. The number of hydrogen-bond acceptors (Lipinski definition) is 3. The third-order valence-electron chi connectivity index (χ3n) is 1.60. The lowest BCUT2D eigenvalue weighted by Gasteiger charge is -2.04. The van der Waals surface area contributed by atoms with Gasteiger partial charge in [-0.05, 0) is 18.6 Å². The molecule has 0 radical (unpaired) electrons. The molecule has 1 aromatic heterocycles. The lowest BCUT2D eigenvalue weighted by molar-refractivity contribution is 0.964. The van der Waals surface area contributed by atoms with Gasteiger partial charge in [0.2, 0.25) is 0 Å². The minimum Gasteiger partial charge on any atom is -0.385 e. The SMILES string of the molecule is CCCNc1ccnc(CN)c1. The molecule has 0 aliphatic carbocycles. The summed E-state index contributed by atoms with van der Waals surface area (Å²) < 4.78 is 0. The molecular weight excluding hydrogens is 150 g/mol. The van der Waals surface area contributed by atoms with Crippen LogP contribution in [0.1, 0.15) is 19.0 Å². The zero-order valence-corrected chi connectivity index (χ0v) is 7.38. The molecule has 0 aromatic carbocycles. The van der Waals surface area contributed by atoms with Crippen molar-refractivity contribution < 1.29 is 0 Å². The average Bonchev–Trinajstić information content (AvgIpc) is 2.15. The molecular formula is C9H15N3. The number of pyridine rings is 1. The van der Waals surface area contributed by atoms with Gasteiger partial charge in [-0.15, -0.1) is 0 Å². The molecule has 3 heteroatoms. The number of nitrogens with one attached hydrogen (secondary N) is 1. The highest BCUT2D eigenvalue weighted by Crippen LogP contribution is 2.06. The van der Waals surface area contributed by atoms with E-state index in [1.807, 2.05) is 12.1 Å². The molecule has 3 N–H and O–H groups in total. The second-order valence-corrected chi connectivity index (χ2v) is 2.67. The minimum atomic E-state index is 0.502. The summed E-state index contributed by atoms with van der Waals surface area (Å²) in [5, 5.41) is 3.27. The van der Waals surface area contributed by atoms with E-state index in [2.05, 4.69) is 17.2 Å². The van der Waals surface area contributed by atoms with Crippen molar-refractivity contribution in [2.45, 2.75) is 19.9 Å². The van der Waals surface area contributed by atoms with Gasteiger partial charge >= 0.3 is 0 Å². The molecule has 0 spiro atoms. The van der Waals surface area contributed by atoms with Crippen LogP contribution < -0.4 is 11.1 Å². The van der Waals surface area contributed by atoms with Gasteiger partial charge in [0.05, 0.1) is 5.69 Å². The fourth-order valence-corrected chi connectivity index (χ4v) is 0.969. The fourth-order valence-electron chi connectivity index (χ4n) is 0.969. The van der Waals surface area contributed by atoms with Crippen LogP contribution in [0.25, 0.3) is 0 Å². The maximum Gasteiger partial charge on any atom is 0.0559 e. The highest BCUT2D eigenvalue weighted by Gasteiger charge is 1.93. The molecule has 0 saturated carbocycles. The molecule has 1 aromatic rings. The lowest BCUT2D eigenvalue weighted by Crippen LogP contribution is -2.03. The first-order valence-corrected chi connectivity index (χ1v) is 4.25. The molecule has 0 bridgehead atoms. The molecule has 0 amide bonds. The Bertz CT molecular complexity index is 235. The second kappa shape index (κ2) is 4.72. The van der Waals surface area contributed by atoms with Crippen molar-refractivity contribution >= 4 is 5.69 Å². The summed E-state index contributed by atoms with van der Waals surface area (Å²) in [4.78, 5) is 4.10. The fraction of sp³-hybridized carbons (Fsp3) is 0.444. The molecule has 0 atom stereocenters. The van der Waals surface area contributed by atoms with E-state index in [0.717, 1.165) is 24.3 Å². The van der Waals surface area contributed by atoms with Gasteiger partial charge in [-0.2, -0.15) is 0 Å². The molecule has 0 aliphatic rings. The van der Waals surface area contributed by atoms with Gasteiger partial charge in [-0.25, -0.2) is 0 Å². The molecule has 1 rings (SSSR count). The van der Waals surface area contributed by atoms with Gasteiger partial charge in [0.1, 0.15) is 0 Å². The van der Waals surface area contributed by atoms with E-state index in [9.17, 15) is 0 Å². The van der Waals surface area contributed by atoms with Crippen LogP contribution in [0.5, 0.6) is 0 Å². The van der Waals surface area contributed by atoms with Gasteiger partial charge in [-0.1, -0.05) is 6.92 Å². The summed E-state index contributed by atoms with van der Waals surface area (Å²) in [6, 6.07) is 3.94. The van der Waals surface area contributed by atoms with Crippen LogP contribution >= 0.6 is 0 Å². The average molecular weight is 165 g/mol. The minimum absolute atomic E-state index is 0.502. The van der Waals surface area contributed by atoms with E-state index in [1.54, 1.807) is 6.20 Å². The molecule has 0 unspecified atom stereocenters. The van der Waals surface area contributed by atoms with Gasteiger partial charge in [0.15, 0.2) is 0 Å². The Kier molecular flexibility index (Phi) is 3.54. The molecule has 0 saturated heterocycles. The molecule has 66 valence electrons. The van der Waals surface area contributed by atoms with E-state index in [0.29, 0.717) is 6.54 Å². The Labute approximate surface area is 73.0 Å². The van der Waals surface area contributed by atoms with E-state index < -0.39 is 0 Å². The Morgan fingerprint density at radius 3 is 3.08 bits per heavy atom. The van der Waals surface area contributed by atoms with Crippen LogP contribution in [-0.2, 0) is 6.54 Å². The van der Waals surface area contributed by atoms with Crippen molar-refractivity contribution in [3.05, 3.63) is 24.0 Å². The maximum atomic E-state index is 5.46. The summed E-state index contributed by atoms with van der Waals surface area (Å²) in [6.45, 7) is 3.63. The number of rotatable bonds is 4. The van der Waals surface area contributed by atoms with Crippen LogP contribution in [0.2, 0.25) is 0 Å². The van der Waals surface area contributed by atoms with Crippen molar-refractivity contribution in [1.82, 2.24) is 4.98 Å². The number of nitrogens with zero attached hydrogens (tertiary/aromatic N) is 1. The van der Waals surface area contributed by atoms with Gasteiger partial charge in [0, 0.05) is 25.0 Å². The Morgan fingerprint density at radius 2 is 2.42 bits per heavy atom. The molecule has 0 aliphatic heterocycles. The molecule has 3 nitrogen and oxygen atoms in total. The molecule has 12 heavy (non-hydrogen) atoms. The quantitative estimate of drug-likeness (QED) is 0.708. The number of hydrogen-bond donors (Lipinski definition) is 2. The van der Waals surface area contributed by atoms with Crippen molar-refractivity contribution in [1.29, 1.82) is 0 Å². The summed E-state index contributed by atoms with van der Waals surface area (Å²) >= 11 is 0. The van der Waals surface area contributed by atoms with Crippen LogP contribution in [0.3, 0.4) is 0 Å². The molecule has 0 fully saturated rings. The summed E-state index contributed by atoms with van der Waals surface area (Å²) in [5.41, 5.74) is 7.49. The number of nitrogens with two attached hydrogens (primary N) is 1. The van der Waals surface area contributed by atoms with E-state index >= 15 is 0 Å². The zero-order chi connectivity index (χ0) is 8.81. The van der Waals surface area contributed by atoms with Gasteiger partial charge in [0.25, 0.3) is 0 Å². The Hall–Kier alpha value is -1.09. The first kappa shape index (κ1) is 9.00. The lowest BCUT2D eigenvalue weighted by atomic mass is 10.3. The van der Waals surface area contributed by atoms with E-state index in [-0.39, 0.29) is 0 Å². The second-order valence-electron chi connectivity index (χ2n) is 2.67. The predicted molar refractivity (Wildman–Crippen MR) is 50.9 cm³/mol. The third kappa shape index (κ3) is 2.51. The summed E-state index contributed by atoms with van der Waals surface area (Å²) in [6.07, 6.45) is 2.90. The van der Waals surface area contributed by atoms with Gasteiger partial charge in [-0.3, -0.25) is 4.98 Å². The van der Waals surface area contributed by atoms with E-state index in [4.69, 9.17) is 5.73 Å². The molecule has 1 heterocycles. The monoisotopic (exact) mass is 165 g/mol. The van der Waals surface area contributed by atoms with Crippen LogP contribution in [0, 0.1) is 0 Å². The number of aromatic nitrogens is 1. The topological polar surface area (TPSA) is 50.9 Å². The summed E-state index contributed by atoms with van der Waals surface area (Å²) in [7, 11) is 0. The van der Waals surface area contributed by atoms with Crippen LogP contribution in [0.15, 0.2) is 18.3 Å². The third-order valence-corrected chi connectivity index (χ3v) is 1.60. The van der Waals surface area contributed by atoms with Crippen molar-refractivity contribution in [3.8, 4) is 0 Å². The van der Waals surface area contributed by atoms with E-state index in [1.165, 1.54) is 0 Å². The smallest absolute Gasteiger partial charge is 0.0559 e. The van der Waals surface area contributed by atoms with Crippen molar-refractivity contribution in [2.75, 3.05) is 11.9 Å². The van der Waals surface area contributed by atoms with Crippen molar-refractivity contribution in [2.24, 2.45) is 5.73 Å². The largest absolute Gasteiger partial charge is 0.385 e. The van der Waals surface area contributed by atoms with Crippen LogP contribution in [0.4, 0.5) is 5.69 Å². The van der Waals surface area contributed by atoms with Crippen LogP contribution in [-0.4, -0.2) is 11.5 Å². The highest BCUT2D eigenvalue weighted by atomic mass is 14.9. The normalized spacial score (nSPS) is 9.83. The summed E-state index contributed by atoms with van der Waals surface area (Å²) in [5.74, 6) is 0. The maximum absolute atomic E-state index is 5.46. The first-order valence-electron chi connectivity index (χ1n) is 4.25. The predicted octanol–water partition coefficient (Wildman–Crippen LogP) is 1.36. The number of anilines is 1. The highest BCUT2D eigenvalue weighted by molar-refractivity contribution is 5.42. The Morgan fingerprint density at radius 1 is 1.58 bits per heavy atom. The zero-order valence-electron chi connectivity index (χ0n) is 7.38. The van der Waals surface area contributed by atoms with Gasteiger partial charge < -0.3 is 11.1 Å².